The molecule has 72 valence electrons. The van der Waals surface area contributed by atoms with E-state index >= 15 is 0 Å². The molecular formula is C12H7NO2. The van der Waals surface area contributed by atoms with Gasteiger partial charge in [-0.15, -0.1) is 0 Å². The van der Waals surface area contributed by atoms with Crippen molar-refractivity contribution >= 4 is 16.7 Å². The minimum Gasteiger partial charge on any atom is -0.478 e. The highest BCUT2D eigenvalue weighted by molar-refractivity contribution is 6.04. The molecule has 15 heavy (non-hydrogen) atoms. The van der Waals surface area contributed by atoms with Crippen molar-refractivity contribution < 1.29 is 9.90 Å². The SMILES string of the molecule is N#Cc1cc(C(=O)O)c2ccccc2c1. The maximum atomic E-state index is 11.0. The standard InChI is InChI=1S/C12H7NO2/c13-7-8-5-9-3-1-2-4-10(9)11(6-8)12(14)15/h1-6H,(H,14,15). The van der Waals surface area contributed by atoms with Crippen LogP contribution >= 0.6 is 0 Å². The Kier molecular flexibility index (Phi) is 2.11. The van der Waals surface area contributed by atoms with Gasteiger partial charge in [0.25, 0.3) is 0 Å². The Morgan fingerprint density at radius 3 is 2.67 bits per heavy atom. The molecule has 3 heteroatoms. The molecule has 0 aliphatic heterocycles. The van der Waals surface area contributed by atoms with Crippen LogP contribution in [-0.2, 0) is 0 Å². The fraction of sp³-hybridized carbons (Fsp3) is 0. The predicted octanol–water partition coefficient (Wildman–Crippen LogP) is 2.41. The van der Waals surface area contributed by atoms with Gasteiger partial charge in [-0.3, -0.25) is 0 Å². The smallest absolute Gasteiger partial charge is 0.336 e. The molecule has 0 spiro atoms. The van der Waals surface area contributed by atoms with Gasteiger partial charge in [0.05, 0.1) is 17.2 Å². The van der Waals surface area contributed by atoms with Gasteiger partial charge in [0, 0.05) is 0 Å². The van der Waals surface area contributed by atoms with Gasteiger partial charge in [-0.05, 0) is 22.9 Å². The second-order valence-electron chi connectivity index (χ2n) is 3.16. The first-order chi connectivity index (χ1) is 7.22. The first-order valence-electron chi connectivity index (χ1n) is 4.38. The molecule has 2 aromatic carbocycles. The molecule has 0 aliphatic rings. The summed E-state index contributed by atoms with van der Waals surface area (Å²) in [5.74, 6) is -1.01. The van der Waals surface area contributed by atoms with Gasteiger partial charge in [0.1, 0.15) is 0 Å². The predicted molar refractivity (Wildman–Crippen MR) is 55.6 cm³/mol. The number of nitrogens with zero attached hydrogens (tertiary/aromatic N) is 1. The monoisotopic (exact) mass is 197 g/mol. The molecule has 0 unspecified atom stereocenters. The highest BCUT2D eigenvalue weighted by Crippen LogP contribution is 2.20. The Morgan fingerprint density at radius 1 is 1.27 bits per heavy atom. The summed E-state index contributed by atoms with van der Waals surface area (Å²) < 4.78 is 0. The van der Waals surface area contributed by atoms with Crippen LogP contribution in [-0.4, -0.2) is 11.1 Å². The second-order valence-corrected chi connectivity index (χ2v) is 3.16. The van der Waals surface area contributed by atoms with Crippen molar-refractivity contribution in [1.29, 1.82) is 5.26 Å². The zero-order chi connectivity index (χ0) is 10.8. The summed E-state index contributed by atoms with van der Waals surface area (Å²) in [6.45, 7) is 0. The van der Waals surface area contributed by atoms with Crippen LogP contribution in [0.5, 0.6) is 0 Å². The number of aromatic carboxylic acids is 1. The lowest BCUT2D eigenvalue weighted by Gasteiger charge is -2.02. The van der Waals surface area contributed by atoms with Gasteiger partial charge in [-0.1, -0.05) is 24.3 Å². The van der Waals surface area contributed by atoms with E-state index in [0.29, 0.717) is 10.9 Å². The van der Waals surface area contributed by atoms with Crippen LogP contribution in [0, 0.1) is 11.3 Å². The molecule has 0 fully saturated rings. The molecule has 2 rings (SSSR count). The van der Waals surface area contributed by atoms with Crippen molar-refractivity contribution in [3.63, 3.8) is 0 Å². The largest absolute Gasteiger partial charge is 0.478 e. The summed E-state index contributed by atoms with van der Waals surface area (Å²) in [6, 6.07) is 12.2. The number of carboxylic acid groups (broad SMARTS) is 1. The quantitative estimate of drug-likeness (QED) is 0.763. The number of hydrogen-bond donors (Lipinski definition) is 1. The van der Waals surface area contributed by atoms with E-state index < -0.39 is 5.97 Å². The van der Waals surface area contributed by atoms with E-state index in [-0.39, 0.29) is 5.56 Å². The average Bonchev–Trinajstić information content (AvgIpc) is 2.27. The Bertz CT molecular complexity index is 582. The van der Waals surface area contributed by atoms with Crippen LogP contribution in [0.3, 0.4) is 0 Å². The summed E-state index contributed by atoms with van der Waals surface area (Å²) in [7, 11) is 0. The van der Waals surface area contributed by atoms with Crippen molar-refractivity contribution in [3.8, 4) is 6.07 Å². The molecule has 0 heterocycles. The summed E-state index contributed by atoms with van der Waals surface area (Å²) in [5, 5.41) is 19.2. The first-order valence-corrected chi connectivity index (χ1v) is 4.38. The molecule has 2 aromatic rings. The fourth-order valence-corrected chi connectivity index (χ4v) is 1.55. The number of carboxylic acids is 1. The fourth-order valence-electron chi connectivity index (χ4n) is 1.55. The highest BCUT2D eigenvalue weighted by Gasteiger charge is 2.09. The molecule has 0 saturated carbocycles. The Morgan fingerprint density at radius 2 is 2.00 bits per heavy atom. The Balaban J connectivity index is 2.88. The summed E-state index contributed by atoms with van der Waals surface area (Å²) >= 11 is 0. The molecule has 0 atom stereocenters. The van der Waals surface area contributed by atoms with E-state index in [4.69, 9.17) is 10.4 Å². The molecule has 1 N–H and O–H groups in total. The molecule has 0 saturated heterocycles. The number of fused-ring (bicyclic) bond motifs is 1. The minimum absolute atomic E-state index is 0.171. The van der Waals surface area contributed by atoms with E-state index in [1.807, 2.05) is 12.1 Å². The van der Waals surface area contributed by atoms with E-state index in [1.54, 1.807) is 24.3 Å². The van der Waals surface area contributed by atoms with Crippen LogP contribution in [0.2, 0.25) is 0 Å². The normalized spacial score (nSPS) is 9.80. The van der Waals surface area contributed by atoms with Crippen molar-refractivity contribution in [2.24, 2.45) is 0 Å². The van der Waals surface area contributed by atoms with E-state index in [9.17, 15) is 4.79 Å². The molecule has 0 bridgehead atoms. The zero-order valence-electron chi connectivity index (χ0n) is 7.77. The maximum absolute atomic E-state index is 11.0. The minimum atomic E-state index is -1.01. The summed E-state index contributed by atoms with van der Waals surface area (Å²) in [4.78, 5) is 11.0. The molecule has 3 nitrogen and oxygen atoms in total. The van der Waals surface area contributed by atoms with Crippen molar-refractivity contribution in [1.82, 2.24) is 0 Å². The van der Waals surface area contributed by atoms with E-state index in [2.05, 4.69) is 0 Å². The maximum Gasteiger partial charge on any atom is 0.336 e. The van der Waals surface area contributed by atoms with Crippen LogP contribution in [0.15, 0.2) is 36.4 Å². The molecule has 0 aromatic heterocycles. The third-order valence-electron chi connectivity index (χ3n) is 2.22. The lowest BCUT2D eigenvalue weighted by Crippen LogP contribution is -1.98. The summed E-state index contributed by atoms with van der Waals surface area (Å²) in [6.07, 6.45) is 0. The van der Waals surface area contributed by atoms with E-state index in [0.717, 1.165) is 5.39 Å². The molecule has 0 aliphatic carbocycles. The lowest BCUT2D eigenvalue weighted by atomic mass is 10.0. The molecular weight excluding hydrogens is 190 g/mol. The third-order valence-corrected chi connectivity index (χ3v) is 2.22. The van der Waals surface area contributed by atoms with Gasteiger partial charge in [-0.25, -0.2) is 4.79 Å². The van der Waals surface area contributed by atoms with Crippen LogP contribution in [0.4, 0.5) is 0 Å². The van der Waals surface area contributed by atoms with Gasteiger partial charge in [-0.2, -0.15) is 5.26 Å². The van der Waals surface area contributed by atoms with Crippen molar-refractivity contribution in [2.45, 2.75) is 0 Å². The number of nitriles is 1. The van der Waals surface area contributed by atoms with Crippen LogP contribution in [0.1, 0.15) is 15.9 Å². The van der Waals surface area contributed by atoms with Gasteiger partial charge >= 0.3 is 5.97 Å². The average molecular weight is 197 g/mol. The topological polar surface area (TPSA) is 61.1 Å². The number of rotatable bonds is 1. The third kappa shape index (κ3) is 1.53. The van der Waals surface area contributed by atoms with Crippen molar-refractivity contribution in [3.05, 3.63) is 47.5 Å². The van der Waals surface area contributed by atoms with Gasteiger partial charge in [0.15, 0.2) is 0 Å². The number of carbonyl (C=O) groups is 1. The number of benzene rings is 2. The van der Waals surface area contributed by atoms with Crippen molar-refractivity contribution in [2.75, 3.05) is 0 Å². The van der Waals surface area contributed by atoms with Crippen LogP contribution in [0.25, 0.3) is 10.8 Å². The lowest BCUT2D eigenvalue weighted by molar-refractivity contribution is 0.0699. The van der Waals surface area contributed by atoms with E-state index in [1.165, 1.54) is 6.07 Å². The highest BCUT2D eigenvalue weighted by atomic mass is 16.4. The first kappa shape index (κ1) is 9.22. The summed E-state index contributed by atoms with van der Waals surface area (Å²) in [5.41, 5.74) is 0.538. The molecule has 0 radical (unpaired) electrons. The molecule has 0 amide bonds. The Labute approximate surface area is 86.2 Å². The second kappa shape index (κ2) is 3.43. The Hall–Kier alpha value is -2.34. The van der Waals surface area contributed by atoms with Gasteiger partial charge < -0.3 is 5.11 Å². The van der Waals surface area contributed by atoms with Crippen LogP contribution < -0.4 is 0 Å². The van der Waals surface area contributed by atoms with Gasteiger partial charge in [0.2, 0.25) is 0 Å². The zero-order valence-corrected chi connectivity index (χ0v) is 7.77. The number of hydrogen-bond acceptors (Lipinski definition) is 2.